The van der Waals surface area contributed by atoms with Gasteiger partial charge in [-0.3, -0.25) is 9.59 Å². The quantitative estimate of drug-likeness (QED) is 0.199. The standard InChI is InChI=1S/C12H14O6.C12H14O5.4CH4/c1-8-9(17-6-13)4-5-10(18-7-15-2)11(8)12(14)16-3;1-8-9(6-13)4-5-10(17-7-15-2)11(8)12(14)16-3;;;;/h4-6H,7H2,1-3H3;4-6H,7H2,1-3H3;4*1H4. The third kappa shape index (κ3) is 11.5. The number of carbonyl (C=O) groups is 4. The third-order valence-corrected chi connectivity index (χ3v) is 4.59. The van der Waals surface area contributed by atoms with Crippen molar-refractivity contribution < 1.29 is 52.3 Å². The van der Waals surface area contributed by atoms with Gasteiger partial charge < -0.3 is 33.2 Å². The average molecular weight is 557 g/mol. The van der Waals surface area contributed by atoms with Crippen LogP contribution in [0.25, 0.3) is 0 Å². The van der Waals surface area contributed by atoms with E-state index < -0.39 is 11.9 Å². The van der Waals surface area contributed by atoms with Gasteiger partial charge in [0, 0.05) is 25.3 Å². The van der Waals surface area contributed by atoms with Gasteiger partial charge in [-0.1, -0.05) is 29.7 Å². The summed E-state index contributed by atoms with van der Waals surface area (Å²) in [5.41, 5.74) is 1.86. The van der Waals surface area contributed by atoms with Crippen LogP contribution in [0.3, 0.4) is 0 Å². The molecule has 2 aromatic carbocycles. The van der Waals surface area contributed by atoms with Crippen LogP contribution in [0.4, 0.5) is 0 Å². The second kappa shape index (κ2) is 22.1. The first-order valence-electron chi connectivity index (χ1n) is 10.0. The number of ether oxygens (including phenoxy) is 7. The maximum Gasteiger partial charge on any atom is 0.342 e. The zero-order valence-corrected chi connectivity index (χ0v) is 20.4. The van der Waals surface area contributed by atoms with Gasteiger partial charge in [0.15, 0.2) is 13.6 Å². The SMILES string of the molecule is C.C.C.C.COCOc1ccc(C=O)c(C)c1C(=O)OC.COCOc1ccc(OC=O)c(C)c1C(=O)OC. The van der Waals surface area contributed by atoms with Crippen molar-refractivity contribution in [2.45, 2.75) is 43.6 Å². The highest BCUT2D eigenvalue weighted by molar-refractivity contribution is 5.97. The molecule has 0 saturated carbocycles. The van der Waals surface area contributed by atoms with E-state index in [1.807, 2.05) is 0 Å². The van der Waals surface area contributed by atoms with Crippen molar-refractivity contribution in [3.8, 4) is 17.2 Å². The molecule has 0 spiro atoms. The van der Waals surface area contributed by atoms with Crippen molar-refractivity contribution in [2.75, 3.05) is 42.0 Å². The van der Waals surface area contributed by atoms with Crippen molar-refractivity contribution in [1.29, 1.82) is 0 Å². The number of esters is 2. The van der Waals surface area contributed by atoms with E-state index in [4.69, 9.17) is 23.7 Å². The van der Waals surface area contributed by atoms with E-state index >= 15 is 0 Å². The van der Waals surface area contributed by atoms with Crippen LogP contribution in [0.2, 0.25) is 0 Å². The molecule has 2 rings (SSSR count). The van der Waals surface area contributed by atoms with E-state index in [0.29, 0.717) is 40.9 Å². The molecule has 0 unspecified atom stereocenters. The Kier molecular flexibility index (Phi) is 23.8. The Hall–Kier alpha value is -3.96. The molecule has 0 amide bonds. The number of hydrogen-bond donors (Lipinski definition) is 0. The minimum Gasteiger partial charge on any atom is -0.467 e. The molecule has 0 aliphatic carbocycles. The fourth-order valence-corrected chi connectivity index (χ4v) is 2.87. The van der Waals surface area contributed by atoms with Crippen molar-refractivity contribution >= 4 is 24.7 Å². The lowest BCUT2D eigenvalue weighted by molar-refractivity contribution is -0.120. The van der Waals surface area contributed by atoms with Crippen LogP contribution in [0.15, 0.2) is 24.3 Å². The Morgan fingerprint density at radius 2 is 1.08 bits per heavy atom. The zero-order chi connectivity index (χ0) is 26.4. The minimum absolute atomic E-state index is 0. The summed E-state index contributed by atoms with van der Waals surface area (Å²) in [6.45, 7) is 3.60. The molecule has 0 radical (unpaired) electrons. The Bertz CT molecular complexity index is 1030. The highest BCUT2D eigenvalue weighted by atomic mass is 16.7. The number of benzene rings is 2. The second-order valence-electron chi connectivity index (χ2n) is 6.63. The molecule has 0 aliphatic rings. The van der Waals surface area contributed by atoms with Crippen LogP contribution >= 0.6 is 0 Å². The van der Waals surface area contributed by atoms with E-state index in [0.717, 1.165) is 0 Å². The number of carbonyl (C=O) groups excluding carboxylic acids is 4. The Morgan fingerprint density at radius 1 is 0.667 bits per heavy atom. The molecule has 2 aromatic rings. The van der Waals surface area contributed by atoms with E-state index in [1.54, 1.807) is 26.0 Å². The molecule has 0 fully saturated rings. The monoisotopic (exact) mass is 556 g/mol. The highest BCUT2D eigenvalue weighted by Crippen LogP contribution is 2.30. The molecule has 11 heteroatoms. The number of methoxy groups -OCH3 is 4. The number of aldehydes is 1. The largest absolute Gasteiger partial charge is 0.467 e. The fraction of sp³-hybridized carbons (Fsp3) is 0.429. The zero-order valence-electron chi connectivity index (χ0n) is 20.4. The highest BCUT2D eigenvalue weighted by Gasteiger charge is 2.20. The van der Waals surface area contributed by atoms with Gasteiger partial charge in [-0.2, -0.15) is 0 Å². The first kappa shape index (κ1) is 42.1. The molecule has 0 heterocycles. The molecule has 0 bridgehead atoms. The maximum absolute atomic E-state index is 11.7. The Balaban J connectivity index is -0.000000285. The number of hydrogen-bond acceptors (Lipinski definition) is 11. The third-order valence-electron chi connectivity index (χ3n) is 4.59. The first-order chi connectivity index (χ1) is 16.8. The summed E-state index contributed by atoms with van der Waals surface area (Å²) in [5.74, 6) is -0.205. The fourth-order valence-electron chi connectivity index (χ4n) is 2.87. The number of rotatable bonds is 11. The molecule has 0 N–H and O–H groups in total. The normalized spacial score (nSPS) is 8.77. The topological polar surface area (TPSA) is 133 Å². The van der Waals surface area contributed by atoms with E-state index in [-0.39, 0.29) is 60.2 Å². The molecule has 0 aromatic heterocycles. The Labute approximate surface area is 232 Å². The van der Waals surface area contributed by atoms with Crippen molar-refractivity contribution in [1.82, 2.24) is 0 Å². The average Bonchev–Trinajstić information content (AvgIpc) is 2.87. The van der Waals surface area contributed by atoms with Crippen LogP contribution in [0, 0.1) is 13.8 Å². The summed E-state index contributed by atoms with van der Waals surface area (Å²) in [6, 6.07) is 6.17. The van der Waals surface area contributed by atoms with Crippen LogP contribution < -0.4 is 14.2 Å². The van der Waals surface area contributed by atoms with Gasteiger partial charge in [0.05, 0.1) is 14.2 Å². The van der Waals surface area contributed by atoms with E-state index in [1.165, 1.54) is 40.6 Å². The van der Waals surface area contributed by atoms with Crippen LogP contribution in [0.5, 0.6) is 17.2 Å². The summed E-state index contributed by atoms with van der Waals surface area (Å²) >= 11 is 0. The molecule has 0 atom stereocenters. The minimum atomic E-state index is -0.574. The molecular weight excluding hydrogens is 512 g/mol. The lowest BCUT2D eigenvalue weighted by Crippen LogP contribution is -2.10. The predicted molar refractivity (Wildman–Crippen MR) is 149 cm³/mol. The summed E-state index contributed by atoms with van der Waals surface area (Å²) in [7, 11) is 5.48. The lowest BCUT2D eigenvalue weighted by Gasteiger charge is -2.13. The first-order valence-corrected chi connectivity index (χ1v) is 10.0. The summed E-state index contributed by atoms with van der Waals surface area (Å²) in [6.07, 6.45) is 0.682. The summed E-state index contributed by atoms with van der Waals surface area (Å²) in [4.78, 5) is 44.5. The van der Waals surface area contributed by atoms with Crippen LogP contribution in [0.1, 0.15) is 71.9 Å². The molecule has 0 aliphatic heterocycles. The van der Waals surface area contributed by atoms with E-state index in [2.05, 4.69) is 9.47 Å². The second-order valence-corrected chi connectivity index (χ2v) is 6.63. The van der Waals surface area contributed by atoms with Gasteiger partial charge in [-0.05, 0) is 43.7 Å². The molecule has 222 valence electrons. The predicted octanol–water partition coefficient (Wildman–Crippen LogP) is 5.42. The lowest BCUT2D eigenvalue weighted by atomic mass is 10.0. The van der Waals surface area contributed by atoms with Gasteiger partial charge in [0.1, 0.15) is 34.7 Å². The van der Waals surface area contributed by atoms with Gasteiger partial charge in [0.25, 0.3) is 6.47 Å². The van der Waals surface area contributed by atoms with Crippen molar-refractivity contribution in [2.24, 2.45) is 0 Å². The summed E-state index contributed by atoms with van der Waals surface area (Å²) in [5, 5.41) is 0. The Morgan fingerprint density at radius 3 is 1.46 bits per heavy atom. The van der Waals surface area contributed by atoms with Gasteiger partial charge in [0.2, 0.25) is 0 Å². The molecule has 0 saturated heterocycles. The van der Waals surface area contributed by atoms with Gasteiger partial charge in [-0.25, -0.2) is 9.59 Å². The van der Waals surface area contributed by atoms with E-state index in [9.17, 15) is 19.2 Å². The summed E-state index contributed by atoms with van der Waals surface area (Å²) < 4.78 is 34.1. The molecular formula is C28H44O11. The van der Waals surface area contributed by atoms with Gasteiger partial charge >= 0.3 is 11.9 Å². The smallest absolute Gasteiger partial charge is 0.342 e. The van der Waals surface area contributed by atoms with Gasteiger partial charge in [-0.15, -0.1) is 0 Å². The van der Waals surface area contributed by atoms with Crippen LogP contribution in [-0.4, -0.2) is 66.7 Å². The molecule has 39 heavy (non-hydrogen) atoms. The maximum atomic E-state index is 11.7. The van der Waals surface area contributed by atoms with Crippen LogP contribution in [-0.2, 0) is 23.7 Å². The molecule has 11 nitrogen and oxygen atoms in total. The van der Waals surface area contributed by atoms with Crippen molar-refractivity contribution in [3.63, 3.8) is 0 Å². The van der Waals surface area contributed by atoms with Crippen molar-refractivity contribution in [3.05, 3.63) is 52.1 Å².